The highest BCUT2D eigenvalue weighted by Gasteiger charge is 1.94. The highest BCUT2D eigenvalue weighted by atomic mass is 35.5. The van der Waals surface area contributed by atoms with Crippen molar-refractivity contribution in [3.63, 3.8) is 0 Å². The summed E-state index contributed by atoms with van der Waals surface area (Å²) in [4.78, 5) is 12.4. The molecule has 0 aliphatic carbocycles. The van der Waals surface area contributed by atoms with Crippen LogP contribution in [-0.4, -0.2) is 55.6 Å². The van der Waals surface area contributed by atoms with Gasteiger partial charge < -0.3 is 9.64 Å². The lowest BCUT2D eigenvalue weighted by molar-refractivity contribution is -0.137. The summed E-state index contributed by atoms with van der Waals surface area (Å²) in [6.07, 6.45) is 1.16. The quantitative estimate of drug-likeness (QED) is 0.425. The highest BCUT2D eigenvalue weighted by Crippen LogP contribution is 1.80. The molecular formula is C7H16ClNO6S. The third-order valence-corrected chi connectivity index (χ3v) is 0.949. The Balaban J connectivity index is -0.000000242. The van der Waals surface area contributed by atoms with Crippen LogP contribution in [0.5, 0.6) is 0 Å². The second-order valence-corrected chi connectivity index (χ2v) is 3.52. The van der Waals surface area contributed by atoms with Crippen molar-refractivity contribution < 1.29 is 27.1 Å². The Labute approximate surface area is 101 Å². The third-order valence-electron chi connectivity index (χ3n) is 0.949. The molecule has 0 saturated heterocycles. The number of halogens is 1. The van der Waals surface area contributed by atoms with Crippen molar-refractivity contribution >= 4 is 28.8 Å². The maximum atomic E-state index is 10.4. The monoisotopic (exact) mass is 277 g/mol. The summed E-state index contributed by atoms with van der Waals surface area (Å²) < 4.78 is 36.3. The number of carbonyl (C=O) groups excluding carboxylic acids is 1. The van der Waals surface area contributed by atoms with Gasteiger partial charge in [-0.05, 0) is 14.1 Å². The Kier molecular flexibility index (Phi) is 14.0. The van der Waals surface area contributed by atoms with Crippen molar-refractivity contribution in [1.29, 1.82) is 0 Å². The Morgan fingerprint density at radius 1 is 1.44 bits per heavy atom. The normalized spacial score (nSPS) is 9.56. The van der Waals surface area contributed by atoms with E-state index in [-0.39, 0.29) is 18.4 Å². The molecule has 0 saturated carbocycles. The number of ether oxygens (including phenoxy) is 1. The SMILES string of the molecule is C=CC(=O)OCCN(C)C.Cl.O=S(=O)(O)O. The van der Waals surface area contributed by atoms with E-state index < -0.39 is 10.4 Å². The van der Waals surface area contributed by atoms with Crippen molar-refractivity contribution in [3.8, 4) is 0 Å². The molecule has 0 spiro atoms. The van der Waals surface area contributed by atoms with Gasteiger partial charge in [-0.2, -0.15) is 8.42 Å². The molecule has 0 bridgehead atoms. The summed E-state index contributed by atoms with van der Waals surface area (Å²) >= 11 is 0. The summed E-state index contributed by atoms with van der Waals surface area (Å²) in [5.41, 5.74) is 0. The van der Waals surface area contributed by atoms with E-state index in [1.54, 1.807) is 0 Å². The smallest absolute Gasteiger partial charge is 0.394 e. The standard InChI is InChI=1S/C7H13NO2.ClH.H2O4S/c1-4-7(9)10-6-5-8(2)3;;1-5(2,3)4/h4H,1,5-6H2,2-3H3;1H;(H2,1,2,3,4). The Morgan fingerprint density at radius 3 is 2.06 bits per heavy atom. The second kappa shape index (κ2) is 10.8. The number of rotatable bonds is 4. The number of hydrogen-bond donors (Lipinski definition) is 2. The van der Waals surface area contributed by atoms with E-state index >= 15 is 0 Å². The van der Waals surface area contributed by atoms with Crippen LogP contribution in [0.15, 0.2) is 12.7 Å². The van der Waals surface area contributed by atoms with Crippen LogP contribution in [0.3, 0.4) is 0 Å². The minimum absolute atomic E-state index is 0. The summed E-state index contributed by atoms with van der Waals surface area (Å²) in [5, 5.41) is 0. The van der Waals surface area contributed by atoms with Gasteiger partial charge in [0.1, 0.15) is 6.61 Å². The molecule has 9 heteroatoms. The molecule has 0 unspecified atom stereocenters. The predicted octanol–water partition coefficient (Wildman–Crippen LogP) is 0.0462. The molecule has 0 fully saturated rings. The second-order valence-electron chi connectivity index (χ2n) is 2.62. The van der Waals surface area contributed by atoms with Crippen LogP contribution in [0.4, 0.5) is 0 Å². The van der Waals surface area contributed by atoms with Gasteiger partial charge in [-0.25, -0.2) is 4.79 Å². The van der Waals surface area contributed by atoms with Gasteiger partial charge in [-0.15, -0.1) is 12.4 Å². The fraction of sp³-hybridized carbons (Fsp3) is 0.571. The van der Waals surface area contributed by atoms with Gasteiger partial charge in [0, 0.05) is 12.6 Å². The predicted molar refractivity (Wildman–Crippen MR) is 61.1 cm³/mol. The Bertz CT molecular complexity index is 281. The fourth-order valence-electron chi connectivity index (χ4n) is 0.388. The summed E-state index contributed by atoms with van der Waals surface area (Å²) in [6.45, 7) is 4.45. The lowest BCUT2D eigenvalue weighted by Gasteiger charge is -2.07. The minimum Gasteiger partial charge on any atom is -0.461 e. The zero-order valence-corrected chi connectivity index (χ0v) is 10.6. The van der Waals surface area contributed by atoms with Crippen LogP contribution in [0, 0.1) is 0 Å². The molecule has 2 N–H and O–H groups in total. The Morgan fingerprint density at radius 2 is 1.81 bits per heavy atom. The molecule has 0 rings (SSSR count). The van der Waals surface area contributed by atoms with E-state index in [9.17, 15) is 4.79 Å². The van der Waals surface area contributed by atoms with Crippen LogP contribution in [0.1, 0.15) is 0 Å². The molecule has 0 aromatic carbocycles. The van der Waals surface area contributed by atoms with Crippen molar-refractivity contribution in [2.24, 2.45) is 0 Å². The molecule has 0 aromatic heterocycles. The van der Waals surface area contributed by atoms with Crippen LogP contribution >= 0.6 is 12.4 Å². The summed E-state index contributed by atoms with van der Waals surface area (Å²) in [5.74, 6) is -0.359. The molecule has 0 radical (unpaired) electrons. The fourth-order valence-corrected chi connectivity index (χ4v) is 0.388. The van der Waals surface area contributed by atoms with Crippen molar-refractivity contribution in [3.05, 3.63) is 12.7 Å². The van der Waals surface area contributed by atoms with Gasteiger partial charge in [-0.1, -0.05) is 6.58 Å². The molecular weight excluding hydrogens is 262 g/mol. The van der Waals surface area contributed by atoms with E-state index in [2.05, 4.69) is 6.58 Å². The van der Waals surface area contributed by atoms with E-state index in [4.69, 9.17) is 22.3 Å². The highest BCUT2D eigenvalue weighted by molar-refractivity contribution is 7.79. The molecule has 0 heterocycles. The Hall–Kier alpha value is -0.670. The number of carbonyl (C=O) groups is 1. The minimum atomic E-state index is -4.67. The molecule has 98 valence electrons. The van der Waals surface area contributed by atoms with Crippen molar-refractivity contribution in [1.82, 2.24) is 4.90 Å². The lowest BCUT2D eigenvalue weighted by Crippen LogP contribution is -2.19. The molecule has 16 heavy (non-hydrogen) atoms. The molecule has 0 aromatic rings. The van der Waals surface area contributed by atoms with Gasteiger partial charge in [0.25, 0.3) is 0 Å². The first-order valence-corrected chi connectivity index (χ1v) is 5.20. The van der Waals surface area contributed by atoms with E-state index in [0.717, 1.165) is 12.6 Å². The summed E-state index contributed by atoms with van der Waals surface area (Å²) in [7, 11) is -0.830. The summed E-state index contributed by atoms with van der Waals surface area (Å²) in [6, 6.07) is 0. The maximum absolute atomic E-state index is 10.4. The van der Waals surface area contributed by atoms with Gasteiger partial charge in [0.2, 0.25) is 0 Å². The number of nitrogens with zero attached hydrogens (tertiary/aromatic N) is 1. The van der Waals surface area contributed by atoms with Crippen LogP contribution in [-0.2, 0) is 19.9 Å². The maximum Gasteiger partial charge on any atom is 0.394 e. The van der Waals surface area contributed by atoms with Crippen molar-refractivity contribution in [2.45, 2.75) is 0 Å². The first-order valence-electron chi connectivity index (χ1n) is 3.80. The average molecular weight is 278 g/mol. The van der Waals surface area contributed by atoms with Crippen LogP contribution in [0.2, 0.25) is 0 Å². The lowest BCUT2D eigenvalue weighted by atomic mass is 10.6. The van der Waals surface area contributed by atoms with E-state index in [0.29, 0.717) is 6.61 Å². The molecule has 0 atom stereocenters. The first kappa shape index (κ1) is 20.7. The number of likely N-dealkylation sites (N-methyl/N-ethyl adjacent to an activating group) is 1. The topological polar surface area (TPSA) is 104 Å². The third kappa shape index (κ3) is 37.7. The molecule has 0 amide bonds. The largest absolute Gasteiger partial charge is 0.461 e. The van der Waals surface area contributed by atoms with Gasteiger partial charge in [0.15, 0.2) is 0 Å². The molecule has 0 aliphatic rings. The number of esters is 1. The van der Waals surface area contributed by atoms with Crippen LogP contribution in [0.25, 0.3) is 0 Å². The first-order chi connectivity index (χ1) is 6.66. The van der Waals surface area contributed by atoms with Crippen molar-refractivity contribution in [2.75, 3.05) is 27.2 Å². The van der Waals surface area contributed by atoms with Gasteiger partial charge in [0.05, 0.1) is 0 Å². The molecule has 7 nitrogen and oxygen atoms in total. The van der Waals surface area contributed by atoms with Gasteiger partial charge in [-0.3, -0.25) is 9.11 Å². The molecule has 0 aliphatic heterocycles. The van der Waals surface area contributed by atoms with Gasteiger partial charge >= 0.3 is 16.4 Å². The van der Waals surface area contributed by atoms with E-state index in [1.165, 1.54) is 0 Å². The van der Waals surface area contributed by atoms with Crippen LogP contribution < -0.4 is 0 Å². The van der Waals surface area contributed by atoms with E-state index in [1.807, 2.05) is 19.0 Å². The number of hydrogen-bond acceptors (Lipinski definition) is 5. The zero-order chi connectivity index (χ0) is 12.5. The zero-order valence-electron chi connectivity index (χ0n) is 8.99. The average Bonchev–Trinajstić information content (AvgIpc) is 2.00.